The number of hydrogen-bond acceptors (Lipinski definition) is 2. The second-order valence-electron chi connectivity index (χ2n) is 3.14. The van der Waals surface area contributed by atoms with Gasteiger partial charge in [-0.3, -0.25) is 0 Å². The van der Waals surface area contributed by atoms with E-state index in [1.54, 1.807) is 7.11 Å². The molecule has 0 bridgehead atoms. The molecule has 1 unspecified atom stereocenters. The summed E-state index contributed by atoms with van der Waals surface area (Å²) in [5.74, 6) is 3.50. The van der Waals surface area contributed by atoms with E-state index in [2.05, 4.69) is 27.2 Å². The second kappa shape index (κ2) is 5.79. The molecule has 0 saturated carbocycles. The minimum Gasteiger partial charge on any atom is -0.497 e. The van der Waals surface area contributed by atoms with Gasteiger partial charge in [-0.05, 0) is 30.8 Å². The highest BCUT2D eigenvalue weighted by Gasteiger charge is 2.12. The lowest BCUT2D eigenvalue weighted by atomic mass is 10.0. The Morgan fingerprint density at radius 2 is 2.33 bits per heavy atom. The molecule has 1 atom stereocenters. The van der Waals surface area contributed by atoms with E-state index in [1.807, 2.05) is 25.2 Å². The van der Waals surface area contributed by atoms with E-state index in [0.717, 1.165) is 15.8 Å². The van der Waals surface area contributed by atoms with E-state index in [9.17, 15) is 0 Å². The van der Waals surface area contributed by atoms with Gasteiger partial charge in [0.1, 0.15) is 5.75 Å². The number of benzene rings is 1. The second-order valence-corrected chi connectivity index (χ2v) is 3.99. The number of terminal acetylenes is 1. The number of halogens is 1. The first-order valence-corrected chi connectivity index (χ1v) is 5.46. The summed E-state index contributed by atoms with van der Waals surface area (Å²) in [5, 5.41) is 3.18. The molecule has 1 aromatic rings. The van der Waals surface area contributed by atoms with Crippen molar-refractivity contribution in [2.24, 2.45) is 0 Å². The van der Waals surface area contributed by atoms with E-state index in [-0.39, 0.29) is 6.04 Å². The Kier molecular flexibility index (Phi) is 4.67. The van der Waals surface area contributed by atoms with Gasteiger partial charge < -0.3 is 10.1 Å². The molecule has 0 fully saturated rings. The number of nitrogens with one attached hydrogen (secondary N) is 1. The predicted molar refractivity (Wildman–Crippen MR) is 65.9 cm³/mol. The molecule has 0 radical (unpaired) electrons. The molecule has 0 aliphatic rings. The number of methoxy groups -OCH3 is 1. The fraction of sp³-hybridized carbons (Fsp3) is 0.333. The van der Waals surface area contributed by atoms with Crippen molar-refractivity contribution in [3.63, 3.8) is 0 Å². The summed E-state index contributed by atoms with van der Waals surface area (Å²) < 4.78 is 6.22. The summed E-state index contributed by atoms with van der Waals surface area (Å²) in [5.41, 5.74) is 1.12. The van der Waals surface area contributed by atoms with Crippen LogP contribution in [-0.4, -0.2) is 14.2 Å². The van der Waals surface area contributed by atoms with E-state index < -0.39 is 0 Å². The maximum absolute atomic E-state index is 5.33. The van der Waals surface area contributed by atoms with E-state index >= 15 is 0 Å². The van der Waals surface area contributed by atoms with Crippen molar-refractivity contribution < 1.29 is 4.74 Å². The van der Waals surface area contributed by atoms with Crippen molar-refractivity contribution in [2.75, 3.05) is 14.2 Å². The molecule has 0 aliphatic heterocycles. The lowest BCUT2D eigenvalue weighted by molar-refractivity contribution is 0.413. The van der Waals surface area contributed by atoms with Crippen molar-refractivity contribution in [3.8, 4) is 18.1 Å². The van der Waals surface area contributed by atoms with Crippen molar-refractivity contribution in [3.05, 3.63) is 28.2 Å². The minimum absolute atomic E-state index is 0.152. The molecular weight excluding hydrogens is 254 g/mol. The van der Waals surface area contributed by atoms with Crippen LogP contribution in [0, 0.1) is 12.3 Å². The third-order valence-corrected chi connectivity index (χ3v) is 2.97. The topological polar surface area (TPSA) is 21.3 Å². The van der Waals surface area contributed by atoms with Gasteiger partial charge in [0.2, 0.25) is 0 Å². The Morgan fingerprint density at radius 3 is 2.87 bits per heavy atom. The zero-order chi connectivity index (χ0) is 11.3. The van der Waals surface area contributed by atoms with Crippen LogP contribution in [0.3, 0.4) is 0 Å². The quantitative estimate of drug-likeness (QED) is 0.848. The molecule has 0 saturated heterocycles. The van der Waals surface area contributed by atoms with Gasteiger partial charge in [0.25, 0.3) is 0 Å². The van der Waals surface area contributed by atoms with Crippen LogP contribution in [0.5, 0.6) is 5.75 Å². The van der Waals surface area contributed by atoms with Gasteiger partial charge in [0, 0.05) is 16.9 Å². The van der Waals surface area contributed by atoms with Gasteiger partial charge in [-0.15, -0.1) is 12.3 Å². The molecule has 0 spiro atoms. The number of hydrogen-bond donors (Lipinski definition) is 1. The largest absolute Gasteiger partial charge is 0.497 e. The maximum Gasteiger partial charge on any atom is 0.119 e. The average molecular weight is 268 g/mol. The number of ether oxygens (including phenoxy) is 1. The van der Waals surface area contributed by atoms with Crippen LogP contribution < -0.4 is 10.1 Å². The molecular formula is C12H14BrNO. The first-order valence-electron chi connectivity index (χ1n) is 4.67. The Hall–Kier alpha value is -0.980. The summed E-state index contributed by atoms with van der Waals surface area (Å²) in [7, 11) is 3.55. The van der Waals surface area contributed by atoms with Crippen molar-refractivity contribution >= 4 is 15.9 Å². The summed E-state index contributed by atoms with van der Waals surface area (Å²) in [6.07, 6.45) is 5.98. The molecule has 1 aromatic carbocycles. The molecule has 2 nitrogen and oxygen atoms in total. The van der Waals surface area contributed by atoms with Crippen LogP contribution in [0.1, 0.15) is 18.0 Å². The third kappa shape index (κ3) is 2.98. The van der Waals surface area contributed by atoms with E-state index in [1.165, 1.54) is 0 Å². The van der Waals surface area contributed by atoms with Crippen LogP contribution in [0.25, 0.3) is 0 Å². The van der Waals surface area contributed by atoms with Gasteiger partial charge in [-0.1, -0.05) is 15.9 Å². The summed E-state index contributed by atoms with van der Waals surface area (Å²) in [6.45, 7) is 0. The fourth-order valence-corrected chi connectivity index (χ4v) is 1.92. The standard InChI is InChI=1S/C12H14BrNO/c1-4-5-12(14-2)10-8-9(15-3)6-7-11(10)13/h1,6-8,12,14H,5H2,2-3H3. The molecule has 1 rings (SSSR count). The SMILES string of the molecule is C#CCC(NC)c1cc(OC)ccc1Br. The first-order chi connectivity index (χ1) is 7.22. The minimum atomic E-state index is 0.152. The molecule has 1 N–H and O–H groups in total. The van der Waals surface area contributed by atoms with Crippen LogP contribution in [0.4, 0.5) is 0 Å². The Labute approximate surface area is 99.2 Å². The Balaban J connectivity index is 3.04. The van der Waals surface area contributed by atoms with E-state index in [0.29, 0.717) is 6.42 Å². The summed E-state index contributed by atoms with van der Waals surface area (Å²) in [4.78, 5) is 0. The molecule has 80 valence electrons. The monoisotopic (exact) mass is 267 g/mol. The predicted octanol–water partition coefficient (Wildman–Crippen LogP) is 2.74. The highest BCUT2D eigenvalue weighted by Crippen LogP contribution is 2.28. The highest BCUT2D eigenvalue weighted by molar-refractivity contribution is 9.10. The molecule has 0 heterocycles. The lowest BCUT2D eigenvalue weighted by Crippen LogP contribution is -2.16. The van der Waals surface area contributed by atoms with Gasteiger partial charge in [0.05, 0.1) is 7.11 Å². The van der Waals surface area contributed by atoms with Gasteiger partial charge in [-0.2, -0.15) is 0 Å². The smallest absolute Gasteiger partial charge is 0.119 e. The molecule has 0 amide bonds. The molecule has 0 aromatic heterocycles. The normalized spacial score (nSPS) is 11.9. The van der Waals surface area contributed by atoms with Gasteiger partial charge in [0.15, 0.2) is 0 Å². The summed E-state index contributed by atoms with van der Waals surface area (Å²) >= 11 is 3.51. The Morgan fingerprint density at radius 1 is 1.60 bits per heavy atom. The average Bonchev–Trinajstić information content (AvgIpc) is 2.27. The summed E-state index contributed by atoms with van der Waals surface area (Å²) in [6, 6.07) is 6.02. The van der Waals surface area contributed by atoms with Crippen LogP contribution in [0.2, 0.25) is 0 Å². The number of rotatable bonds is 4. The van der Waals surface area contributed by atoms with Crippen LogP contribution >= 0.6 is 15.9 Å². The van der Waals surface area contributed by atoms with E-state index in [4.69, 9.17) is 11.2 Å². The van der Waals surface area contributed by atoms with Crippen LogP contribution in [0.15, 0.2) is 22.7 Å². The molecule has 3 heteroatoms. The fourth-order valence-electron chi connectivity index (χ4n) is 1.40. The van der Waals surface area contributed by atoms with Crippen molar-refractivity contribution in [1.82, 2.24) is 5.32 Å². The van der Waals surface area contributed by atoms with Crippen LogP contribution in [-0.2, 0) is 0 Å². The first kappa shape index (κ1) is 12.1. The zero-order valence-corrected chi connectivity index (χ0v) is 10.5. The molecule has 0 aliphatic carbocycles. The van der Waals surface area contributed by atoms with Gasteiger partial charge >= 0.3 is 0 Å². The lowest BCUT2D eigenvalue weighted by Gasteiger charge is -2.16. The van der Waals surface area contributed by atoms with Gasteiger partial charge in [-0.25, -0.2) is 0 Å². The maximum atomic E-state index is 5.33. The van der Waals surface area contributed by atoms with Crippen molar-refractivity contribution in [1.29, 1.82) is 0 Å². The Bertz CT molecular complexity index is 370. The third-order valence-electron chi connectivity index (χ3n) is 2.25. The highest BCUT2D eigenvalue weighted by atomic mass is 79.9. The van der Waals surface area contributed by atoms with Crippen molar-refractivity contribution in [2.45, 2.75) is 12.5 Å². The zero-order valence-electron chi connectivity index (χ0n) is 8.88. The molecule has 15 heavy (non-hydrogen) atoms.